The first-order chi connectivity index (χ1) is 10.7. The van der Waals surface area contributed by atoms with Gasteiger partial charge in [0.05, 0.1) is 23.3 Å². The molecule has 22 heavy (non-hydrogen) atoms. The van der Waals surface area contributed by atoms with Crippen molar-refractivity contribution >= 4 is 34.1 Å². The summed E-state index contributed by atoms with van der Waals surface area (Å²) in [6, 6.07) is 11.3. The first-order valence-corrected chi connectivity index (χ1v) is 8.56. The minimum Gasteiger partial charge on any atom is -0.468 e. The van der Waals surface area contributed by atoms with Crippen LogP contribution < -0.4 is 5.32 Å². The molecule has 1 amide bonds. The van der Waals surface area contributed by atoms with E-state index in [4.69, 9.17) is 4.42 Å². The largest absolute Gasteiger partial charge is 0.468 e. The standard InChI is InChI=1S/C16H14N2O2S2/c1-11-9-22-16(17-11)18-15(19)13-6-2-3-7-14(13)21-10-12-5-4-8-20-12/h2-9H,10H2,1H3,(H,17,18,19). The number of hydrogen-bond donors (Lipinski definition) is 1. The summed E-state index contributed by atoms with van der Waals surface area (Å²) in [4.78, 5) is 17.6. The Hall–Kier alpha value is -2.05. The Morgan fingerprint density at radius 2 is 2.18 bits per heavy atom. The Morgan fingerprint density at radius 3 is 2.91 bits per heavy atom. The van der Waals surface area contributed by atoms with E-state index in [0.29, 0.717) is 16.4 Å². The smallest absolute Gasteiger partial charge is 0.258 e. The van der Waals surface area contributed by atoms with Crippen LogP contribution in [0.5, 0.6) is 0 Å². The average Bonchev–Trinajstić information content (AvgIpc) is 3.17. The van der Waals surface area contributed by atoms with Gasteiger partial charge in [0.15, 0.2) is 5.13 Å². The van der Waals surface area contributed by atoms with Gasteiger partial charge in [0.25, 0.3) is 5.91 Å². The number of thioether (sulfide) groups is 1. The van der Waals surface area contributed by atoms with Crippen LogP contribution in [0.1, 0.15) is 21.8 Å². The van der Waals surface area contributed by atoms with Gasteiger partial charge in [-0.3, -0.25) is 10.1 Å². The molecule has 4 nitrogen and oxygen atoms in total. The summed E-state index contributed by atoms with van der Waals surface area (Å²) in [5, 5.41) is 5.37. The molecule has 3 rings (SSSR count). The first kappa shape index (κ1) is 14.9. The zero-order valence-corrected chi connectivity index (χ0v) is 13.5. The lowest BCUT2D eigenvalue weighted by molar-refractivity contribution is 0.102. The van der Waals surface area contributed by atoms with E-state index < -0.39 is 0 Å². The quantitative estimate of drug-likeness (QED) is 0.695. The van der Waals surface area contributed by atoms with Crippen LogP contribution in [0.3, 0.4) is 0 Å². The number of thiazole rings is 1. The Balaban J connectivity index is 1.73. The lowest BCUT2D eigenvalue weighted by atomic mass is 10.2. The second kappa shape index (κ2) is 6.81. The van der Waals surface area contributed by atoms with E-state index in [2.05, 4.69) is 10.3 Å². The van der Waals surface area contributed by atoms with Crippen LogP contribution in [0.4, 0.5) is 5.13 Å². The summed E-state index contributed by atoms with van der Waals surface area (Å²) in [5.41, 5.74) is 1.55. The number of furan rings is 1. The molecule has 0 atom stereocenters. The molecule has 0 spiro atoms. The molecule has 112 valence electrons. The van der Waals surface area contributed by atoms with E-state index in [1.807, 2.05) is 48.7 Å². The molecule has 0 fully saturated rings. The molecule has 0 saturated heterocycles. The van der Waals surface area contributed by atoms with Crippen molar-refractivity contribution in [3.05, 3.63) is 65.1 Å². The average molecular weight is 330 g/mol. The van der Waals surface area contributed by atoms with Crippen LogP contribution in [0.15, 0.2) is 57.4 Å². The normalized spacial score (nSPS) is 10.6. The van der Waals surface area contributed by atoms with Crippen molar-refractivity contribution in [2.24, 2.45) is 0 Å². The van der Waals surface area contributed by atoms with Gasteiger partial charge in [-0.2, -0.15) is 0 Å². The topological polar surface area (TPSA) is 55.1 Å². The highest BCUT2D eigenvalue weighted by Gasteiger charge is 2.13. The van der Waals surface area contributed by atoms with Crippen molar-refractivity contribution in [1.82, 2.24) is 4.98 Å². The third kappa shape index (κ3) is 3.58. The lowest BCUT2D eigenvalue weighted by Crippen LogP contribution is -2.12. The highest BCUT2D eigenvalue weighted by Crippen LogP contribution is 2.27. The summed E-state index contributed by atoms with van der Waals surface area (Å²) in [6.07, 6.45) is 1.65. The fourth-order valence-electron chi connectivity index (χ4n) is 1.90. The number of hydrogen-bond acceptors (Lipinski definition) is 5. The number of carbonyl (C=O) groups excluding carboxylic acids is 1. The summed E-state index contributed by atoms with van der Waals surface area (Å²) >= 11 is 3.00. The maximum Gasteiger partial charge on any atom is 0.258 e. The number of aryl methyl sites for hydroxylation is 1. The number of benzene rings is 1. The van der Waals surface area contributed by atoms with E-state index in [1.54, 1.807) is 18.0 Å². The summed E-state index contributed by atoms with van der Waals surface area (Å²) in [5.74, 6) is 1.43. The van der Waals surface area contributed by atoms with Gasteiger partial charge < -0.3 is 4.42 Å². The van der Waals surface area contributed by atoms with Crippen molar-refractivity contribution in [3.8, 4) is 0 Å². The van der Waals surface area contributed by atoms with Crippen molar-refractivity contribution in [2.75, 3.05) is 5.32 Å². The van der Waals surface area contributed by atoms with Crippen LogP contribution in [0.25, 0.3) is 0 Å². The van der Waals surface area contributed by atoms with Gasteiger partial charge in [0.2, 0.25) is 0 Å². The van der Waals surface area contributed by atoms with Crippen LogP contribution in [0.2, 0.25) is 0 Å². The van der Waals surface area contributed by atoms with Gasteiger partial charge >= 0.3 is 0 Å². The van der Waals surface area contributed by atoms with Gasteiger partial charge in [-0.1, -0.05) is 12.1 Å². The fourth-order valence-corrected chi connectivity index (χ4v) is 3.54. The molecule has 1 aromatic carbocycles. The van der Waals surface area contributed by atoms with Crippen LogP contribution >= 0.6 is 23.1 Å². The summed E-state index contributed by atoms with van der Waals surface area (Å²) < 4.78 is 5.32. The lowest BCUT2D eigenvalue weighted by Gasteiger charge is -2.07. The van der Waals surface area contributed by atoms with Crippen LogP contribution in [-0.2, 0) is 5.75 Å². The molecule has 0 aliphatic carbocycles. The minimum atomic E-state index is -0.142. The molecular formula is C16H14N2O2S2. The number of rotatable bonds is 5. The predicted octanol–water partition coefficient (Wildman–Crippen LogP) is 4.59. The van der Waals surface area contributed by atoms with Gasteiger partial charge in [-0.05, 0) is 31.2 Å². The predicted molar refractivity (Wildman–Crippen MR) is 89.5 cm³/mol. The monoisotopic (exact) mass is 330 g/mol. The summed E-state index contributed by atoms with van der Waals surface area (Å²) in [7, 11) is 0. The molecule has 0 unspecified atom stereocenters. The molecule has 3 aromatic rings. The molecular weight excluding hydrogens is 316 g/mol. The fraction of sp³-hybridized carbons (Fsp3) is 0.125. The number of carbonyl (C=O) groups is 1. The van der Waals surface area contributed by atoms with E-state index in [0.717, 1.165) is 16.3 Å². The number of anilines is 1. The van der Waals surface area contributed by atoms with Crippen molar-refractivity contribution in [1.29, 1.82) is 0 Å². The van der Waals surface area contributed by atoms with Gasteiger partial charge in [-0.25, -0.2) is 4.98 Å². The second-order valence-corrected chi connectivity index (χ2v) is 6.49. The molecule has 0 saturated carbocycles. The van der Waals surface area contributed by atoms with Crippen molar-refractivity contribution in [2.45, 2.75) is 17.6 Å². The highest BCUT2D eigenvalue weighted by molar-refractivity contribution is 7.98. The van der Waals surface area contributed by atoms with Crippen LogP contribution in [0, 0.1) is 6.92 Å². The van der Waals surface area contributed by atoms with E-state index in [1.165, 1.54) is 11.3 Å². The number of nitrogens with zero attached hydrogens (tertiary/aromatic N) is 1. The highest BCUT2D eigenvalue weighted by atomic mass is 32.2. The molecule has 2 aromatic heterocycles. The zero-order chi connectivity index (χ0) is 15.4. The molecule has 6 heteroatoms. The van der Waals surface area contributed by atoms with Crippen molar-refractivity contribution < 1.29 is 9.21 Å². The minimum absolute atomic E-state index is 0.142. The summed E-state index contributed by atoms with van der Waals surface area (Å²) in [6.45, 7) is 1.90. The van der Waals surface area contributed by atoms with Crippen molar-refractivity contribution in [3.63, 3.8) is 0 Å². The third-order valence-corrected chi connectivity index (χ3v) is 4.89. The molecule has 0 bridgehead atoms. The molecule has 1 N–H and O–H groups in total. The second-order valence-electron chi connectivity index (χ2n) is 4.61. The molecule has 2 heterocycles. The maximum atomic E-state index is 12.4. The third-order valence-electron chi connectivity index (χ3n) is 2.92. The SMILES string of the molecule is Cc1csc(NC(=O)c2ccccc2SCc2ccco2)n1. The number of nitrogens with one attached hydrogen (secondary N) is 1. The van der Waals surface area contributed by atoms with Crippen LogP contribution in [-0.4, -0.2) is 10.9 Å². The molecule has 0 aliphatic heterocycles. The molecule has 0 radical (unpaired) electrons. The Kier molecular flexibility index (Phi) is 4.60. The zero-order valence-electron chi connectivity index (χ0n) is 11.9. The number of amides is 1. The van der Waals surface area contributed by atoms with E-state index >= 15 is 0 Å². The first-order valence-electron chi connectivity index (χ1n) is 6.70. The Bertz CT molecular complexity index is 766. The molecule has 0 aliphatic rings. The maximum absolute atomic E-state index is 12.4. The number of aromatic nitrogens is 1. The van der Waals surface area contributed by atoms with Gasteiger partial charge in [0.1, 0.15) is 5.76 Å². The van der Waals surface area contributed by atoms with E-state index in [-0.39, 0.29) is 5.91 Å². The van der Waals surface area contributed by atoms with E-state index in [9.17, 15) is 4.79 Å². The Morgan fingerprint density at radius 1 is 1.32 bits per heavy atom. The Labute approximate surface area is 136 Å². The van der Waals surface area contributed by atoms with Gasteiger partial charge in [-0.15, -0.1) is 23.1 Å². The van der Waals surface area contributed by atoms with Gasteiger partial charge in [0, 0.05) is 10.3 Å².